The zero-order valence-electron chi connectivity index (χ0n) is 12.4. The van der Waals surface area contributed by atoms with Crippen molar-refractivity contribution in [2.45, 2.75) is 24.3 Å². The van der Waals surface area contributed by atoms with Gasteiger partial charge in [-0.05, 0) is 37.1 Å². The molecule has 0 amide bonds. The number of halogens is 1. The molecule has 5 heteroatoms. The fraction of sp³-hybridized carbons (Fsp3) is 0.176. The van der Waals surface area contributed by atoms with E-state index in [1.54, 1.807) is 18.1 Å². The first-order valence-electron chi connectivity index (χ1n) is 7.04. The van der Waals surface area contributed by atoms with Crippen LogP contribution in [0.4, 0.5) is 0 Å². The number of nitrogens with zero attached hydrogens (tertiary/aromatic N) is 3. The standard InChI is InChI=1S/C17H16ClN3S/c1-12-7-3-6-10-16(12)21-11-19-20-17(21)22-13(2)14-8-4-5-9-15(14)18/h3-11,13H,1-2H3/t13-/m1/s1. The SMILES string of the molecule is Cc1ccccc1-n1cnnc1S[C@H](C)c1ccccc1Cl. The molecule has 0 saturated heterocycles. The lowest BCUT2D eigenvalue weighted by Crippen LogP contribution is -1.99. The number of aromatic nitrogens is 3. The summed E-state index contributed by atoms with van der Waals surface area (Å²) in [5.74, 6) is 0. The Morgan fingerprint density at radius 3 is 2.59 bits per heavy atom. The van der Waals surface area contributed by atoms with E-state index in [1.165, 1.54) is 5.56 Å². The lowest BCUT2D eigenvalue weighted by molar-refractivity contribution is 0.871. The number of rotatable bonds is 4. The lowest BCUT2D eigenvalue weighted by Gasteiger charge is -2.14. The van der Waals surface area contributed by atoms with Gasteiger partial charge in [-0.1, -0.05) is 59.8 Å². The molecule has 0 aliphatic carbocycles. The summed E-state index contributed by atoms with van der Waals surface area (Å²) in [6, 6.07) is 16.1. The Kier molecular flexibility index (Phi) is 4.50. The van der Waals surface area contributed by atoms with Crippen LogP contribution in [0, 0.1) is 6.92 Å². The van der Waals surface area contributed by atoms with Gasteiger partial charge >= 0.3 is 0 Å². The van der Waals surface area contributed by atoms with Crippen LogP contribution in [0.15, 0.2) is 60.0 Å². The number of hydrogen-bond donors (Lipinski definition) is 0. The first kappa shape index (κ1) is 15.1. The zero-order valence-corrected chi connectivity index (χ0v) is 14.0. The number of para-hydroxylation sites is 1. The molecule has 1 atom stereocenters. The zero-order chi connectivity index (χ0) is 15.5. The molecular weight excluding hydrogens is 314 g/mol. The highest BCUT2D eigenvalue weighted by molar-refractivity contribution is 7.99. The highest BCUT2D eigenvalue weighted by atomic mass is 35.5. The van der Waals surface area contributed by atoms with E-state index in [0.717, 1.165) is 21.4 Å². The molecule has 0 N–H and O–H groups in total. The quantitative estimate of drug-likeness (QED) is 0.625. The van der Waals surface area contributed by atoms with E-state index in [0.29, 0.717) is 0 Å². The molecule has 22 heavy (non-hydrogen) atoms. The number of aryl methyl sites for hydroxylation is 1. The van der Waals surface area contributed by atoms with E-state index < -0.39 is 0 Å². The monoisotopic (exact) mass is 329 g/mol. The van der Waals surface area contributed by atoms with E-state index in [2.05, 4.69) is 42.2 Å². The fourth-order valence-electron chi connectivity index (χ4n) is 2.33. The van der Waals surface area contributed by atoms with E-state index in [9.17, 15) is 0 Å². The summed E-state index contributed by atoms with van der Waals surface area (Å²) in [6.45, 7) is 4.21. The van der Waals surface area contributed by atoms with E-state index >= 15 is 0 Å². The summed E-state index contributed by atoms with van der Waals surface area (Å²) in [6.07, 6.45) is 1.75. The average molecular weight is 330 g/mol. The van der Waals surface area contributed by atoms with Gasteiger partial charge < -0.3 is 0 Å². The molecule has 1 heterocycles. The second kappa shape index (κ2) is 6.55. The minimum absolute atomic E-state index is 0.195. The topological polar surface area (TPSA) is 30.7 Å². The summed E-state index contributed by atoms with van der Waals surface area (Å²) in [4.78, 5) is 0. The van der Waals surface area contributed by atoms with Crippen LogP contribution in [-0.4, -0.2) is 14.8 Å². The summed E-state index contributed by atoms with van der Waals surface area (Å²) in [5.41, 5.74) is 3.39. The van der Waals surface area contributed by atoms with Gasteiger partial charge in [0.2, 0.25) is 0 Å². The summed E-state index contributed by atoms with van der Waals surface area (Å²) >= 11 is 7.94. The van der Waals surface area contributed by atoms with Gasteiger partial charge in [0, 0.05) is 10.3 Å². The van der Waals surface area contributed by atoms with Gasteiger partial charge in [-0.2, -0.15) is 0 Å². The molecule has 3 rings (SSSR count). The average Bonchev–Trinajstić information content (AvgIpc) is 2.96. The molecule has 3 aromatic rings. The van der Waals surface area contributed by atoms with Gasteiger partial charge in [0.05, 0.1) is 5.69 Å². The molecular formula is C17H16ClN3S. The largest absolute Gasteiger partial charge is 0.276 e. The molecule has 2 aromatic carbocycles. The van der Waals surface area contributed by atoms with E-state index in [4.69, 9.17) is 11.6 Å². The summed E-state index contributed by atoms with van der Waals surface area (Å²) in [5, 5.41) is 10.2. The van der Waals surface area contributed by atoms with Crippen molar-refractivity contribution in [3.63, 3.8) is 0 Å². The van der Waals surface area contributed by atoms with Crippen molar-refractivity contribution in [1.29, 1.82) is 0 Å². The maximum atomic E-state index is 6.29. The number of benzene rings is 2. The molecule has 0 fully saturated rings. The predicted molar refractivity (Wildman–Crippen MR) is 91.8 cm³/mol. The Balaban J connectivity index is 1.90. The van der Waals surface area contributed by atoms with Crippen LogP contribution in [0.1, 0.15) is 23.3 Å². The second-order valence-electron chi connectivity index (χ2n) is 5.05. The smallest absolute Gasteiger partial charge is 0.196 e. The van der Waals surface area contributed by atoms with Crippen LogP contribution in [0.5, 0.6) is 0 Å². The molecule has 0 unspecified atom stereocenters. The first-order valence-corrected chi connectivity index (χ1v) is 8.29. The van der Waals surface area contributed by atoms with Gasteiger partial charge in [0.25, 0.3) is 0 Å². The number of thioether (sulfide) groups is 1. The van der Waals surface area contributed by atoms with Gasteiger partial charge in [-0.15, -0.1) is 10.2 Å². The van der Waals surface area contributed by atoms with Crippen molar-refractivity contribution in [3.8, 4) is 5.69 Å². The van der Waals surface area contributed by atoms with Crippen molar-refractivity contribution in [1.82, 2.24) is 14.8 Å². The van der Waals surface area contributed by atoms with Crippen LogP contribution in [0.2, 0.25) is 5.02 Å². The van der Waals surface area contributed by atoms with Gasteiger partial charge in [0.1, 0.15) is 6.33 Å². The summed E-state index contributed by atoms with van der Waals surface area (Å²) in [7, 11) is 0. The van der Waals surface area contributed by atoms with Crippen molar-refractivity contribution >= 4 is 23.4 Å². The van der Waals surface area contributed by atoms with Gasteiger partial charge in [-0.3, -0.25) is 4.57 Å². The van der Waals surface area contributed by atoms with Crippen LogP contribution >= 0.6 is 23.4 Å². The minimum Gasteiger partial charge on any atom is -0.276 e. The lowest BCUT2D eigenvalue weighted by atomic mass is 10.2. The van der Waals surface area contributed by atoms with Gasteiger partial charge in [-0.25, -0.2) is 0 Å². The number of hydrogen-bond acceptors (Lipinski definition) is 3. The van der Waals surface area contributed by atoms with Crippen LogP contribution in [-0.2, 0) is 0 Å². The second-order valence-corrected chi connectivity index (χ2v) is 6.77. The van der Waals surface area contributed by atoms with Crippen molar-refractivity contribution < 1.29 is 0 Å². The molecule has 0 bridgehead atoms. The minimum atomic E-state index is 0.195. The molecule has 0 saturated carbocycles. The molecule has 1 aromatic heterocycles. The third-order valence-electron chi connectivity index (χ3n) is 3.52. The molecule has 0 aliphatic rings. The Morgan fingerprint density at radius 1 is 1.09 bits per heavy atom. The maximum Gasteiger partial charge on any atom is 0.196 e. The molecule has 0 spiro atoms. The highest BCUT2D eigenvalue weighted by Crippen LogP contribution is 2.37. The molecule has 3 nitrogen and oxygen atoms in total. The van der Waals surface area contributed by atoms with Crippen molar-refractivity contribution in [2.24, 2.45) is 0 Å². The van der Waals surface area contributed by atoms with E-state index in [1.807, 2.05) is 34.9 Å². The van der Waals surface area contributed by atoms with Crippen molar-refractivity contribution in [2.75, 3.05) is 0 Å². The summed E-state index contributed by atoms with van der Waals surface area (Å²) < 4.78 is 2.02. The van der Waals surface area contributed by atoms with E-state index in [-0.39, 0.29) is 5.25 Å². The Labute approximate surface area is 139 Å². The van der Waals surface area contributed by atoms with Gasteiger partial charge in [0.15, 0.2) is 5.16 Å². The predicted octanol–water partition coefficient (Wildman–Crippen LogP) is 5.08. The van der Waals surface area contributed by atoms with Crippen molar-refractivity contribution in [3.05, 3.63) is 71.0 Å². The Hall–Kier alpha value is -1.78. The highest BCUT2D eigenvalue weighted by Gasteiger charge is 2.16. The Morgan fingerprint density at radius 2 is 1.82 bits per heavy atom. The Bertz CT molecular complexity index is 785. The maximum absolute atomic E-state index is 6.29. The van der Waals surface area contributed by atoms with Crippen LogP contribution in [0.25, 0.3) is 5.69 Å². The molecule has 0 radical (unpaired) electrons. The molecule has 0 aliphatic heterocycles. The normalized spacial score (nSPS) is 12.3. The third-order valence-corrected chi connectivity index (χ3v) is 4.96. The fourth-order valence-corrected chi connectivity index (χ4v) is 3.70. The first-order chi connectivity index (χ1) is 10.7. The molecule has 112 valence electrons. The van der Waals surface area contributed by atoms with Crippen LogP contribution < -0.4 is 0 Å². The van der Waals surface area contributed by atoms with Crippen LogP contribution in [0.3, 0.4) is 0 Å². The third kappa shape index (κ3) is 3.03.